The Morgan fingerprint density at radius 1 is 1.14 bits per heavy atom. The quantitative estimate of drug-likeness (QED) is 0.901. The Bertz CT molecular complexity index is 680. The minimum absolute atomic E-state index is 0.605. The van der Waals surface area contributed by atoms with Crippen molar-refractivity contribution in [3.63, 3.8) is 0 Å². The number of carboxylic acids is 1. The first-order valence-electron chi connectivity index (χ1n) is 7.29. The number of anilines is 1. The molecule has 0 aromatic heterocycles. The SMILES string of the molecule is Cc1ccccc1NC1(C(=O)O)CCCc2ccccc21. The topological polar surface area (TPSA) is 49.3 Å². The van der Waals surface area contributed by atoms with Crippen LogP contribution in [0.1, 0.15) is 29.5 Å². The largest absolute Gasteiger partial charge is 0.479 e. The van der Waals surface area contributed by atoms with Gasteiger partial charge in [-0.05, 0) is 48.9 Å². The van der Waals surface area contributed by atoms with E-state index in [2.05, 4.69) is 5.32 Å². The second kappa shape index (κ2) is 5.24. The van der Waals surface area contributed by atoms with Crippen molar-refractivity contribution in [2.45, 2.75) is 31.7 Å². The van der Waals surface area contributed by atoms with Gasteiger partial charge in [-0.1, -0.05) is 42.5 Å². The van der Waals surface area contributed by atoms with Crippen LogP contribution >= 0.6 is 0 Å². The fourth-order valence-corrected chi connectivity index (χ4v) is 3.18. The van der Waals surface area contributed by atoms with Crippen molar-refractivity contribution in [1.82, 2.24) is 0 Å². The molecule has 0 saturated heterocycles. The van der Waals surface area contributed by atoms with Gasteiger partial charge in [0.1, 0.15) is 0 Å². The Balaban J connectivity index is 2.11. The van der Waals surface area contributed by atoms with Gasteiger partial charge in [0, 0.05) is 5.69 Å². The maximum absolute atomic E-state index is 12.1. The number of aliphatic carboxylic acids is 1. The summed E-state index contributed by atoms with van der Waals surface area (Å²) in [5.41, 5.74) is 2.94. The summed E-state index contributed by atoms with van der Waals surface area (Å²) in [4.78, 5) is 12.1. The van der Waals surface area contributed by atoms with E-state index in [0.717, 1.165) is 35.2 Å². The van der Waals surface area contributed by atoms with Gasteiger partial charge in [0.15, 0.2) is 5.54 Å². The Kier molecular flexibility index (Phi) is 3.42. The minimum atomic E-state index is -1.03. The number of carboxylic acid groups (broad SMARTS) is 1. The van der Waals surface area contributed by atoms with Gasteiger partial charge in [-0.15, -0.1) is 0 Å². The summed E-state index contributed by atoms with van der Waals surface area (Å²) >= 11 is 0. The molecule has 21 heavy (non-hydrogen) atoms. The predicted octanol–water partition coefficient (Wildman–Crippen LogP) is 3.72. The molecule has 0 amide bonds. The maximum Gasteiger partial charge on any atom is 0.334 e. The van der Waals surface area contributed by atoms with E-state index in [4.69, 9.17) is 0 Å². The van der Waals surface area contributed by atoms with Gasteiger partial charge in [-0.25, -0.2) is 4.79 Å². The molecule has 1 aliphatic carbocycles. The van der Waals surface area contributed by atoms with Crippen molar-refractivity contribution >= 4 is 11.7 Å². The van der Waals surface area contributed by atoms with Gasteiger partial charge >= 0.3 is 5.97 Å². The summed E-state index contributed by atoms with van der Waals surface area (Å²) in [6.07, 6.45) is 2.43. The summed E-state index contributed by atoms with van der Waals surface area (Å²) in [5.74, 6) is -0.807. The van der Waals surface area contributed by atoms with E-state index in [1.54, 1.807) is 0 Å². The number of benzene rings is 2. The van der Waals surface area contributed by atoms with Crippen molar-refractivity contribution < 1.29 is 9.90 Å². The highest BCUT2D eigenvalue weighted by atomic mass is 16.4. The van der Waals surface area contributed by atoms with Crippen LogP contribution in [0.4, 0.5) is 5.69 Å². The number of para-hydroxylation sites is 1. The highest BCUT2D eigenvalue weighted by Gasteiger charge is 2.43. The predicted molar refractivity (Wildman–Crippen MR) is 83.5 cm³/mol. The van der Waals surface area contributed by atoms with Gasteiger partial charge in [0.05, 0.1) is 0 Å². The molecule has 108 valence electrons. The Labute approximate surface area is 124 Å². The number of hydrogen-bond donors (Lipinski definition) is 2. The van der Waals surface area contributed by atoms with Crippen LogP contribution in [0.15, 0.2) is 48.5 Å². The Morgan fingerprint density at radius 3 is 2.62 bits per heavy atom. The summed E-state index contributed by atoms with van der Waals surface area (Å²) < 4.78 is 0. The smallest absolute Gasteiger partial charge is 0.334 e. The van der Waals surface area contributed by atoms with Crippen LogP contribution in [-0.4, -0.2) is 11.1 Å². The third-order valence-corrected chi connectivity index (χ3v) is 4.33. The molecule has 3 rings (SSSR count). The first-order valence-corrected chi connectivity index (χ1v) is 7.29. The second-order valence-electron chi connectivity index (χ2n) is 5.66. The maximum atomic E-state index is 12.1. The fraction of sp³-hybridized carbons (Fsp3) is 0.278. The van der Waals surface area contributed by atoms with Crippen molar-refractivity contribution in [3.8, 4) is 0 Å². The molecule has 0 aliphatic heterocycles. The molecular formula is C18H19NO2. The molecule has 0 bridgehead atoms. The number of aryl methyl sites for hydroxylation is 2. The van der Waals surface area contributed by atoms with Crippen LogP contribution in [0.5, 0.6) is 0 Å². The van der Waals surface area contributed by atoms with E-state index in [0.29, 0.717) is 6.42 Å². The highest BCUT2D eigenvalue weighted by Crippen LogP contribution is 2.39. The van der Waals surface area contributed by atoms with E-state index in [-0.39, 0.29) is 0 Å². The number of hydrogen-bond acceptors (Lipinski definition) is 2. The average molecular weight is 281 g/mol. The van der Waals surface area contributed by atoms with E-state index in [9.17, 15) is 9.90 Å². The van der Waals surface area contributed by atoms with Gasteiger partial charge in [-0.3, -0.25) is 0 Å². The van der Waals surface area contributed by atoms with Crippen LogP contribution in [0.3, 0.4) is 0 Å². The molecule has 0 fully saturated rings. The summed E-state index contributed by atoms with van der Waals surface area (Å²) in [5, 5.41) is 13.2. The molecule has 0 spiro atoms. The zero-order valence-electron chi connectivity index (χ0n) is 12.1. The molecule has 2 aromatic carbocycles. The zero-order chi connectivity index (χ0) is 14.9. The van der Waals surface area contributed by atoms with Crippen LogP contribution in [0.25, 0.3) is 0 Å². The van der Waals surface area contributed by atoms with Crippen LogP contribution in [0.2, 0.25) is 0 Å². The first kappa shape index (κ1) is 13.7. The third kappa shape index (κ3) is 2.29. The molecule has 0 saturated carbocycles. The third-order valence-electron chi connectivity index (χ3n) is 4.33. The lowest BCUT2D eigenvalue weighted by Crippen LogP contribution is -2.46. The van der Waals surface area contributed by atoms with Crippen molar-refractivity contribution in [3.05, 3.63) is 65.2 Å². The van der Waals surface area contributed by atoms with Crippen LogP contribution < -0.4 is 5.32 Å². The molecule has 1 atom stereocenters. The number of carbonyl (C=O) groups is 1. The van der Waals surface area contributed by atoms with Gasteiger partial charge in [0.2, 0.25) is 0 Å². The Hall–Kier alpha value is -2.29. The molecule has 2 N–H and O–H groups in total. The number of rotatable bonds is 3. The van der Waals surface area contributed by atoms with Gasteiger partial charge < -0.3 is 10.4 Å². The van der Waals surface area contributed by atoms with E-state index in [1.807, 2.05) is 55.5 Å². The van der Waals surface area contributed by atoms with E-state index in [1.165, 1.54) is 0 Å². The molecule has 1 unspecified atom stereocenters. The normalized spacial score (nSPS) is 20.6. The summed E-state index contributed by atoms with van der Waals surface area (Å²) in [7, 11) is 0. The summed E-state index contributed by atoms with van der Waals surface area (Å²) in [6.45, 7) is 1.99. The molecule has 3 heteroatoms. The van der Waals surface area contributed by atoms with Gasteiger partial charge in [-0.2, -0.15) is 0 Å². The minimum Gasteiger partial charge on any atom is -0.479 e. The zero-order valence-corrected chi connectivity index (χ0v) is 12.1. The molecule has 1 aliphatic rings. The Morgan fingerprint density at radius 2 is 1.86 bits per heavy atom. The van der Waals surface area contributed by atoms with E-state index >= 15 is 0 Å². The van der Waals surface area contributed by atoms with E-state index < -0.39 is 11.5 Å². The average Bonchev–Trinajstić information content (AvgIpc) is 2.49. The lowest BCUT2D eigenvalue weighted by atomic mass is 9.76. The molecule has 0 radical (unpaired) electrons. The molecule has 3 nitrogen and oxygen atoms in total. The van der Waals surface area contributed by atoms with Crippen LogP contribution in [0, 0.1) is 6.92 Å². The molecule has 0 heterocycles. The van der Waals surface area contributed by atoms with Crippen LogP contribution in [-0.2, 0) is 16.8 Å². The highest BCUT2D eigenvalue weighted by molar-refractivity contribution is 5.86. The molecule has 2 aromatic rings. The second-order valence-corrected chi connectivity index (χ2v) is 5.66. The lowest BCUT2D eigenvalue weighted by molar-refractivity contribution is -0.143. The fourth-order valence-electron chi connectivity index (χ4n) is 3.18. The van der Waals surface area contributed by atoms with Crippen molar-refractivity contribution in [2.75, 3.05) is 5.32 Å². The van der Waals surface area contributed by atoms with Gasteiger partial charge in [0.25, 0.3) is 0 Å². The number of nitrogens with one attached hydrogen (secondary N) is 1. The standard InChI is InChI=1S/C18H19NO2/c1-13-7-2-5-11-16(13)19-18(17(20)21)12-6-9-14-8-3-4-10-15(14)18/h2-5,7-8,10-11,19H,6,9,12H2,1H3,(H,20,21). The summed E-state index contributed by atoms with van der Waals surface area (Å²) in [6, 6.07) is 15.7. The number of fused-ring (bicyclic) bond motifs is 1. The van der Waals surface area contributed by atoms with Crippen molar-refractivity contribution in [1.29, 1.82) is 0 Å². The monoisotopic (exact) mass is 281 g/mol. The first-order chi connectivity index (χ1) is 10.1. The molecular weight excluding hydrogens is 262 g/mol. The lowest BCUT2D eigenvalue weighted by Gasteiger charge is -2.37. The van der Waals surface area contributed by atoms with Crippen molar-refractivity contribution in [2.24, 2.45) is 0 Å².